The summed E-state index contributed by atoms with van der Waals surface area (Å²) in [5.41, 5.74) is 0. The predicted octanol–water partition coefficient (Wildman–Crippen LogP) is 1.67. The van der Waals surface area contributed by atoms with Crippen molar-refractivity contribution in [1.29, 1.82) is 0 Å². The average molecular weight is 313 g/mol. The number of halogens is 2. The smallest absolute Gasteiger partial charge is 0.314 e. The molecule has 7 heteroatoms. The van der Waals surface area contributed by atoms with E-state index in [9.17, 15) is 14.7 Å². The first-order valence-electron chi connectivity index (χ1n) is 6.21. The number of esters is 1. The number of hydrogen-bond donors (Lipinski definition) is 1. The van der Waals surface area contributed by atoms with E-state index in [1.807, 2.05) is 0 Å². The van der Waals surface area contributed by atoms with Gasteiger partial charge in [0.15, 0.2) is 16.4 Å². The average Bonchev–Trinajstić information content (AvgIpc) is 2.34. The lowest BCUT2D eigenvalue weighted by Gasteiger charge is -2.39. The van der Waals surface area contributed by atoms with Gasteiger partial charge in [0.2, 0.25) is 0 Å². The lowest BCUT2D eigenvalue weighted by atomic mass is 9.76. The molecular weight excluding hydrogens is 295 g/mol. The number of aliphatic hydroxyl groups is 1. The maximum atomic E-state index is 11.8. The highest BCUT2D eigenvalue weighted by atomic mass is 35.5. The molecule has 110 valence electrons. The third-order valence-corrected chi connectivity index (χ3v) is 4.16. The van der Waals surface area contributed by atoms with Crippen molar-refractivity contribution in [2.45, 2.75) is 37.3 Å². The van der Waals surface area contributed by atoms with Gasteiger partial charge in [0.1, 0.15) is 5.92 Å². The van der Waals surface area contributed by atoms with Crippen molar-refractivity contribution in [2.24, 2.45) is 11.8 Å². The molecule has 0 bridgehead atoms. The number of carbonyl (C=O) groups excluding carboxylic acids is 2. The molecular formula is C12H18Cl2O5. The van der Waals surface area contributed by atoms with Crippen LogP contribution in [0.4, 0.5) is 0 Å². The maximum Gasteiger partial charge on any atom is 0.314 e. The highest BCUT2D eigenvalue weighted by molar-refractivity contribution is 6.60. The lowest BCUT2D eigenvalue weighted by Crippen LogP contribution is -2.50. The second-order valence-electron chi connectivity index (χ2n) is 4.39. The fourth-order valence-electron chi connectivity index (χ4n) is 1.99. The number of aliphatic hydroxyl groups excluding tert-OH is 1. The van der Waals surface area contributed by atoms with Crippen molar-refractivity contribution >= 4 is 35.0 Å². The van der Waals surface area contributed by atoms with Gasteiger partial charge < -0.3 is 14.6 Å². The molecule has 0 aromatic rings. The number of hydrogen-bond acceptors (Lipinski definition) is 5. The molecule has 1 saturated carbocycles. The summed E-state index contributed by atoms with van der Waals surface area (Å²) < 4.78 is 8.43. The first-order valence-corrected chi connectivity index (χ1v) is 6.97. The molecule has 0 saturated heterocycles. The van der Waals surface area contributed by atoms with Gasteiger partial charge in [0, 0.05) is 18.9 Å². The van der Waals surface area contributed by atoms with Crippen LogP contribution in [0.1, 0.15) is 26.7 Å². The summed E-state index contributed by atoms with van der Waals surface area (Å²) in [5, 5.41) is 9.82. The number of carbonyl (C=O) groups is 2. The van der Waals surface area contributed by atoms with Crippen LogP contribution in [0.5, 0.6) is 0 Å². The second-order valence-corrected chi connectivity index (χ2v) is 5.77. The standard InChI is InChI=1S/C12H18Cl2O5/c1-3-18-10(16)8(11(17)19-4-2)5-7-6-9(15)12(7,13)14/h7-8,10,16H,3-6H2,1-2H3. The minimum Gasteiger partial charge on any atom is -0.466 e. The molecule has 1 N–H and O–H groups in total. The Bertz CT molecular complexity index is 345. The summed E-state index contributed by atoms with van der Waals surface area (Å²) in [6.07, 6.45) is -0.940. The summed E-state index contributed by atoms with van der Waals surface area (Å²) in [5.74, 6) is -2.12. The molecule has 0 radical (unpaired) electrons. The molecule has 3 atom stereocenters. The van der Waals surface area contributed by atoms with Gasteiger partial charge >= 0.3 is 5.97 Å². The van der Waals surface area contributed by atoms with Crippen LogP contribution in [-0.2, 0) is 19.1 Å². The molecule has 19 heavy (non-hydrogen) atoms. The molecule has 0 heterocycles. The van der Waals surface area contributed by atoms with E-state index in [-0.39, 0.29) is 37.8 Å². The van der Waals surface area contributed by atoms with Gasteiger partial charge in [-0.05, 0) is 20.3 Å². The molecule has 0 aromatic carbocycles. The molecule has 0 amide bonds. The first-order chi connectivity index (χ1) is 8.84. The summed E-state index contributed by atoms with van der Waals surface area (Å²) in [6, 6.07) is 0. The Hall–Kier alpha value is -0.360. The number of Topliss-reactive ketones (excluding diaryl/α,β-unsaturated/α-hetero) is 1. The Balaban J connectivity index is 2.69. The zero-order valence-corrected chi connectivity index (χ0v) is 12.4. The Kier molecular flexibility index (Phi) is 6.05. The molecule has 5 nitrogen and oxygen atoms in total. The zero-order valence-electron chi connectivity index (χ0n) is 10.9. The van der Waals surface area contributed by atoms with Gasteiger partial charge in [-0.1, -0.05) is 23.2 Å². The second kappa shape index (κ2) is 6.88. The molecule has 0 spiro atoms. The van der Waals surface area contributed by atoms with E-state index in [0.717, 1.165) is 0 Å². The van der Waals surface area contributed by atoms with Crippen LogP contribution in [0.15, 0.2) is 0 Å². The lowest BCUT2D eigenvalue weighted by molar-refractivity contribution is -0.177. The van der Waals surface area contributed by atoms with Gasteiger partial charge in [0.25, 0.3) is 0 Å². The van der Waals surface area contributed by atoms with Crippen LogP contribution in [0.3, 0.4) is 0 Å². The van der Waals surface area contributed by atoms with E-state index in [4.69, 9.17) is 32.7 Å². The number of ketones is 1. The van der Waals surface area contributed by atoms with E-state index in [1.54, 1.807) is 13.8 Å². The fraction of sp³-hybridized carbons (Fsp3) is 0.833. The highest BCUT2D eigenvalue weighted by Gasteiger charge is 2.54. The van der Waals surface area contributed by atoms with Crippen LogP contribution in [0.25, 0.3) is 0 Å². The monoisotopic (exact) mass is 312 g/mol. The van der Waals surface area contributed by atoms with E-state index < -0.39 is 22.5 Å². The van der Waals surface area contributed by atoms with Crippen molar-refractivity contribution in [2.75, 3.05) is 13.2 Å². The molecule has 1 aliphatic rings. The SMILES string of the molecule is CCOC(=O)C(CC1CC(=O)C1(Cl)Cl)C(O)OCC. The molecule has 3 unspecified atom stereocenters. The maximum absolute atomic E-state index is 11.8. The predicted molar refractivity (Wildman–Crippen MR) is 69.9 cm³/mol. The van der Waals surface area contributed by atoms with Crippen LogP contribution >= 0.6 is 23.2 Å². The topological polar surface area (TPSA) is 72.8 Å². The molecule has 1 aliphatic carbocycles. The number of ether oxygens (including phenoxy) is 2. The molecule has 0 aliphatic heterocycles. The Morgan fingerprint density at radius 2 is 2.11 bits per heavy atom. The van der Waals surface area contributed by atoms with Gasteiger partial charge in [-0.2, -0.15) is 0 Å². The molecule has 1 fully saturated rings. The van der Waals surface area contributed by atoms with Gasteiger partial charge in [-0.3, -0.25) is 9.59 Å². The Labute approximate surface area is 122 Å². The van der Waals surface area contributed by atoms with E-state index in [1.165, 1.54) is 0 Å². The van der Waals surface area contributed by atoms with Crippen molar-refractivity contribution in [3.63, 3.8) is 0 Å². The van der Waals surface area contributed by atoms with Gasteiger partial charge in [-0.25, -0.2) is 0 Å². The van der Waals surface area contributed by atoms with Gasteiger partial charge in [0.05, 0.1) is 6.61 Å². The first kappa shape index (κ1) is 16.7. The zero-order chi connectivity index (χ0) is 14.6. The Morgan fingerprint density at radius 3 is 2.53 bits per heavy atom. The number of rotatable bonds is 7. The fourth-order valence-corrected chi connectivity index (χ4v) is 2.47. The van der Waals surface area contributed by atoms with Crippen LogP contribution in [-0.4, -0.2) is 40.7 Å². The number of alkyl halides is 2. The normalized spacial score (nSPS) is 24.5. The van der Waals surface area contributed by atoms with E-state index >= 15 is 0 Å². The van der Waals surface area contributed by atoms with E-state index in [2.05, 4.69) is 0 Å². The third-order valence-electron chi connectivity index (χ3n) is 3.13. The van der Waals surface area contributed by atoms with Crippen molar-refractivity contribution in [1.82, 2.24) is 0 Å². The van der Waals surface area contributed by atoms with Crippen LogP contribution < -0.4 is 0 Å². The van der Waals surface area contributed by atoms with Gasteiger partial charge in [-0.15, -0.1) is 0 Å². The van der Waals surface area contributed by atoms with Crippen LogP contribution in [0.2, 0.25) is 0 Å². The van der Waals surface area contributed by atoms with E-state index in [0.29, 0.717) is 0 Å². The minimum absolute atomic E-state index is 0.152. The van der Waals surface area contributed by atoms with Crippen LogP contribution in [0, 0.1) is 11.8 Å². The Morgan fingerprint density at radius 1 is 1.47 bits per heavy atom. The van der Waals surface area contributed by atoms with Crippen molar-refractivity contribution < 1.29 is 24.2 Å². The quantitative estimate of drug-likeness (QED) is 0.440. The van der Waals surface area contributed by atoms with Crippen molar-refractivity contribution in [3.8, 4) is 0 Å². The summed E-state index contributed by atoms with van der Waals surface area (Å²) >= 11 is 11.7. The third kappa shape index (κ3) is 3.81. The largest absolute Gasteiger partial charge is 0.466 e. The molecule has 0 aromatic heterocycles. The summed E-state index contributed by atoms with van der Waals surface area (Å²) in [7, 11) is 0. The summed E-state index contributed by atoms with van der Waals surface area (Å²) in [4.78, 5) is 23.1. The minimum atomic E-state index is -1.48. The summed E-state index contributed by atoms with van der Waals surface area (Å²) in [6.45, 7) is 3.83. The highest BCUT2D eigenvalue weighted by Crippen LogP contribution is 2.48. The molecule has 1 rings (SSSR count). The van der Waals surface area contributed by atoms with Crippen molar-refractivity contribution in [3.05, 3.63) is 0 Å².